The number of ether oxygens (including phenoxy) is 2. The van der Waals surface area contributed by atoms with Gasteiger partial charge in [0.15, 0.2) is 5.88 Å². The standard InChI is InChI=1S/C25H27N3O5S/c1-32-18-10-7-16(8-11-18)14-28-23(30)19-5-3-4-6-20(19)24(28)34-15-22(29)27-21-12-9-17(13-26-21)25(31)33-2/h7-13,30H,3-6,14-15H2,1-2H3,(H,26,27,29). The van der Waals surface area contributed by atoms with E-state index in [1.165, 1.54) is 25.1 Å². The van der Waals surface area contributed by atoms with Crippen LogP contribution < -0.4 is 10.1 Å². The molecule has 0 saturated heterocycles. The molecule has 0 radical (unpaired) electrons. The maximum Gasteiger partial charge on any atom is 0.339 e. The molecule has 2 aromatic heterocycles. The molecule has 1 aliphatic rings. The molecule has 0 spiro atoms. The van der Waals surface area contributed by atoms with Crippen LogP contribution >= 0.6 is 11.8 Å². The summed E-state index contributed by atoms with van der Waals surface area (Å²) in [6, 6.07) is 10.9. The molecule has 3 aromatic rings. The number of methoxy groups -OCH3 is 2. The molecule has 34 heavy (non-hydrogen) atoms. The lowest BCUT2D eigenvalue weighted by molar-refractivity contribution is -0.113. The third-order valence-electron chi connectivity index (χ3n) is 5.79. The van der Waals surface area contributed by atoms with E-state index in [1.54, 1.807) is 19.2 Å². The Hall–Kier alpha value is -3.46. The fourth-order valence-corrected chi connectivity index (χ4v) is 5.10. The lowest BCUT2D eigenvalue weighted by atomic mass is 9.95. The largest absolute Gasteiger partial charge is 0.497 e. The molecule has 2 heterocycles. The highest BCUT2D eigenvalue weighted by Crippen LogP contribution is 2.40. The molecule has 1 amide bonds. The van der Waals surface area contributed by atoms with Crippen molar-refractivity contribution in [3.05, 3.63) is 64.8 Å². The van der Waals surface area contributed by atoms with Crippen molar-refractivity contribution >= 4 is 29.5 Å². The lowest BCUT2D eigenvalue weighted by Crippen LogP contribution is -2.16. The summed E-state index contributed by atoms with van der Waals surface area (Å²) in [5, 5.41) is 14.7. The van der Waals surface area contributed by atoms with Gasteiger partial charge in [0, 0.05) is 11.8 Å². The smallest absolute Gasteiger partial charge is 0.339 e. The molecule has 9 heteroatoms. The second-order valence-electron chi connectivity index (χ2n) is 7.99. The molecule has 0 fully saturated rings. The van der Waals surface area contributed by atoms with E-state index in [0.29, 0.717) is 17.9 Å². The van der Waals surface area contributed by atoms with E-state index in [1.807, 2.05) is 28.8 Å². The molecule has 1 aromatic carbocycles. The van der Waals surface area contributed by atoms with Crippen LogP contribution in [0.3, 0.4) is 0 Å². The number of nitrogens with zero attached hydrogens (tertiary/aromatic N) is 2. The number of rotatable bonds is 8. The van der Waals surface area contributed by atoms with Gasteiger partial charge in [-0.1, -0.05) is 23.9 Å². The Bertz CT molecular complexity index is 1170. The van der Waals surface area contributed by atoms with Crippen LogP contribution in [0.4, 0.5) is 5.82 Å². The minimum atomic E-state index is -0.483. The summed E-state index contributed by atoms with van der Waals surface area (Å²) >= 11 is 1.41. The van der Waals surface area contributed by atoms with E-state index in [0.717, 1.165) is 53.1 Å². The first kappa shape index (κ1) is 23.7. The first-order valence-corrected chi connectivity index (χ1v) is 12.0. The van der Waals surface area contributed by atoms with E-state index in [9.17, 15) is 14.7 Å². The number of aromatic nitrogens is 2. The number of carbonyl (C=O) groups is 2. The number of anilines is 1. The van der Waals surface area contributed by atoms with E-state index in [4.69, 9.17) is 4.74 Å². The first-order valence-electron chi connectivity index (χ1n) is 11.0. The fourth-order valence-electron chi connectivity index (χ4n) is 4.05. The summed E-state index contributed by atoms with van der Waals surface area (Å²) in [6.07, 6.45) is 5.20. The van der Waals surface area contributed by atoms with E-state index in [-0.39, 0.29) is 17.5 Å². The molecule has 178 valence electrons. The van der Waals surface area contributed by atoms with Crippen LogP contribution in [0.15, 0.2) is 47.6 Å². The average molecular weight is 482 g/mol. The molecule has 0 aliphatic heterocycles. The number of fused-ring (bicyclic) bond motifs is 1. The maximum absolute atomic E-state index is 12.6. The zero-order valence-corrected chi connectivity index (χ0v) is 20.0. The predicted octanol–water partition coefficient (Wildman–Crippen LogP) is 4.04. The SMILES string of the molecule is COC(=O)c1ccc(NC(=O)CSc2c3c(c(O)n2Cc2ccc(OC)cc2)CCCC3)nc1. The molecule has 0 atom stereocenters. The maximum atomic E-state index is 12.6. The normalized spacial score (nSPS) is 12.6. The van der Waals surface area contributed by atoms with Crippen LogP contribution in [0.5, 0.6) is 11.6 Å². The third kappa shape index (κ3) is 5.20. The lowest BCUT2D eigenvalue weighted by Gasteiger charge is -2.13. The van der Waals surface area contributed by atoms with Gasteiger partial charge in [0.2, 0.25) is 5.91 Å². The summed E-state index contributed by atoms with van der Waals surface area (Å²) in [5.41, 5.74) is 3.47. The van der Waals surface area contributed by atoms with Crippen LogP contribution in [-0.2, 0) is 28.9 Å². The van der Waals surface area contributed by atoms with Gasteiger partial charge < -0.3 is 24.5 Å². The number of benzene rings is 1. The van der Waals surface area contributed by atoms with Crippen molar-refractivity contribution in [2.45, 2.75) is 37.3 Å². The Morgan fingerprint density at radius 3 is 2.47 bits per heavy atom. The number of hydrogen-bond acceptors (Lipinski definition) is 7. The summed E-state index contributed by atoms with van der Waals surface area (Å²) in [5.74, 6) is 0.885. The number of carbonyl (C=O) groups excluding carboxylic acids is 2. The van der Waals surface area contributed by atoms with Crippen LogP contribution in [0, 0.1) is 0 Å². The Morgan fingerprint density at radius 1 is 1.09 bits per heavy atom. The van der Waals surface area contributed by atoms with Gasteiger partial charge in [-0.3, -0.25) is 4.79 Å². The highest BCUT2D eigenvalue weighted by atomic mass is 32.2. The molecular formula is C25H27N3O5S. The minimum Gasteiger partial charge on any atom is -0.497 e. The Labute approximate surface area is 202 Å². The Balaban J connectivity index is 1.49. The van der Waals surface area contributed by atoms with E-state index < -0.39 is 5.97 Å². The van der Waals surface area contributed by atoms with Crippen LogP contribution in [0.1, 0.15) is 39.9 Å². The monoisotopic (exact) mass is 481 g/mol. The van der Waals surface area contributed by atoms with Crippen LogP contribution in [-0.4, -0.2) is 46.5 Å². The number of pyridine rings is 1. The molecule has 0 bridgehead atoms. The second kappa shape index (κ2) is 10.6. The van der Waals surface area contributed by atoms with Crippen molar-refractivity contribution < 1.29 is 24.2 Å². The second-order valence-corrected chi connectivity index (χ2v) is 8.95. The average Bonchev–Trinajstić information content (AvgIpc) is 3.14. The van der Waals surface area contributed by atoms with Gasteiger partial charge in [0.05, 0.1) is 37.1 Å². The van der Waals surface area contributed by atoms with Gasteiger partial charge in [-0.05, 0) is 61.1 Å². The molecule has 4 rings (SSSR count). The molecule has 1 aliphatic carbocycles. The topological polar surface area (TPSA) is 103 Å². The fraction of sp³-hybridized carbons (Fsp3) is 0.320. The molecule has 0 saturated carbocycles. The highest BCUT2D eigenvalue weighted by molar-refractivity contribution is 8.00. The van der Waals surface area contributed by atoms with E-state index in [2.05, 4.69) is 15.0 Å². The predicted molar refractivity (Wildman–Crippen MR) is 130 cm³/mol. The zero-order chi connectivity index (χ0) is 24.1. The quantitative estimate of drug-likeness (QED) is 0.370. The van der Waals surface area contributed by atoms with Crippen molar-refractivity contribution in [3.63, 3.8) is 0 Å². The molecule has 0 unspecified atom stereocenters. The van der Waals surface area contributed by atoms with Crippen molar-refractivity contribution in [2.75, 3.05) is 25.3 Å². The van der Waals surface area contributed by atoms with Crippen molar-refractivity contribution in [3.8, 4) is 11.6 Å². The summed E-state index contributed by atoms with van der Waals surface area (Å²) in [7, 11) is 2.93. The van der Waals surface area contributed by atoms with Gasteiger partial charge in [0.25, 0.3) is 0 Å². The Morgan fingerprint density at radius 2 is 1.82 bits per heavy atom. The van der Waals surface area contributed by atoms with Gasteiger partial charge >= 0.3 is 5.97 Å². The van der Waals surface area contributed by atoms with Crippen molar-refractivity contribution in [2.24, 2.45) is 0 Å². The number of amides is 1. The van der Waals surface area contributed by atoms with Gasteiger partial charge in [0.1, 0.15) is 11.6 Å². The Kier molecular flexibility index (Phi) is 7.42. The number of thioether (sulfide) groups is 1. The van der Waals surface area contributed by atoms with Crippen LogP contribution in [0.25, 0.3) is 0 Å². The van der Waals surface area contributed by atoms with Gasteiger partial charge in [-0.25, -0.2) is 9.78 Å². The van der Waals surface area contributed by atoms with Gasteiger partial charge in [-0.15, -0.1) is 0 Å². The molecule has 2 N–H and O–H groups in total. The minimum absolute atomic E-state index is 0.166. The number of nitrogens with one attached hydrogen (secondary N) is 1. The molecule has 8 nitrogen and oxygen atoms in total. The summed E-state index contributed by atoms with van der Waals surface area (Å²) in [6.45, 7) is 0.503. The molecular weight excluding hydrogens is 454 g/mol. The number of aromatic hydroxyl groups is 1. The first-order chi connectivity index (χ1) is 16.5. The summed E-state index contributed by atoms with van der Waals surface area (Å²) < 4.78 is 11.8. The van der Waals surface area contributed by atoms with E-state index >= 15 is 0 Å². The third-order valence-corrected chi connectivity index (χ3v) is 6.94. The summed E-state index contributed by atoms with van der Waals surface area (Å²) in [4.78, 5) is 28.3. The zero-order valence-electron chi connectivity index (χ0n) is 19.2. The van der Waals surface area contributed by atoms with Gasteiger partial charge in [-0.2, -0.15) is 0 Å². The van der Waals surface area contributed by atoms with Crippen molar-refractivity contribution in [1.29, 1.82) is 0 Å². The highest BCUT2D eigenvalue weighted by Gasteiger charge is 2.25. The number of hydrogen-bond donors (Lipinski definition) is 2. The van der Waals surface area contributed by atoms with Crippen LogP contribution in [0.2, 0.25) is 0 Å². The van der Waals surface area contributed by atoms with Crippen molar-refractivity contribution in [1.82, 2.24) is 9.55 Å². The number of esters is 1.